The Morgan fingerprint density at radius 1 is 1.38 bits per heavy atom. The van der Waals surface area contributed by atoms with Crippen molar-refractivity contribution in [2.24, 2.45) is 0 Å². The first-order valence-electron chi connectivity index (χ1n) is 5.87. The van der Waals surface area contributed by atoms with Gasteiger partial charge in [0.25, 0.3) is 5.56 Å². The number of halogens is 4. The number of nitrogen functional groups attached to an aromatic ring is 1. The summed E-state index contributed by atoms with van der Waals surface area (Å²) in [6.45, 7) is 1.39. The van der Waals surface area contributed by atoms with Gasteiger partial charge in [0, 0.05) is 5.69 Å². The molecule has 4 nitrogen and oxygen atoms in total. The first-order valence-corrected chi connectivity index (χ1v) is 6.66. The van der Waals surface area contributed by atoms with Gasteiger partial charge in [0.1, 0.15) is 4.47 Å². The Labute approximate surface area is 126 Å². The fraction of sp³-hybridized carbons (Fsp3) is 0.231. The number of nitrogens with zero attached hydrogens (tertiary/aromatic N) is 2. The molecular formula is C13H11BrF3N3O. The summed E-state index contributed by atoms with van der Waals surface area (Å²) in [5, 5.41) is 0. The lowest BCUT2D eigenvalue weighted by Crippen LogP contribution is -2.24. The molecule has 0 saturated heterocycles. The first-order chi connectivity index (χ1) is 9.70. The van der Waals surface area contributed by atoms with Crippen molar-refractivity contribution in [1.82, 2.24) is 9.55 Å². The number of aryl methyl sites for hydroxylation is 1. The average Bonchev–Trinajstić information content (AvgIpc) is 2.40. The topological polar surface area (TPSA) is 60.9 Å². The molecule has 0 radical (unpaired) electrons. The summed E-state index contributed by atoms with van der Waals surface area (Å²) in [6, 6.07) is 3.49. The normalized spacial score (nSPS) is 11.7. The van der Waals surface area contributed by atoms with Gasteiger partial charge in [0.15, 0.2) is 0 Å². The number of hydrogen-bond donors (Lipinski definition) is 1. The van der Waals surface area contributed by atoms with Crippen molar-refractivity contribution in [1.29, 1.82) is 0 Å². The molecule has 0 aliphatic rings. The van der Waals surface area contributed by atoms with Crippen LogP contribution in [0.25, 0.3) is 0 Å². The van der Waals surface area contributed by atoms with Crippen LogP contribution >= 0.6 is 15.9 Å². The van der Waals surface area contributed by atoms with E-state index in [2.05, 4.69) is 20.9 Å². The lowest BCUT2D eigenvalue weighted by Gasteiger charge is -2.15. The van der Waals surface area contributed by atoms with Crippen molar-refractivity contribution in [3.8, 4) is 0 Å². The monoisotopic (exact) mass is 361 g/mol. The van der Waals surface area contributed by atoms with E-state index in [-0.39, 0.29) is 22.3 Å². The van der Waals surface area contributed by atoms with E-state index in [1.807, 2.05) is 0 Å². The Balaban J connectivity index is 2.50. The molecule has 21 heavy (non-hydrogen) atoms. The van der Waals surface area contributed by atoms with Gasteiger partial charge >= 0.3 is 6.18 Å². The predicted octanol–water partition coefficient (Wildman–Crippen LogP) is 2.96. The van der Waals surface area contributed by atoms with Crippen LogP contribution in [-0.2, 0) is 12.7 Å². The predicted molar refractivity (Wildman–Crippen MR) is 75.9 cm³/mol. The van der Waals surface area contributed by atoms with Crippen LogP contribution in [0.2, 0.25) is 0 Å². The van der Waals surface area contributed by atoms with E-state index < -0.39 is 17.3 Å². The third kappa shape index (κ3) is 3.26. The van der Waals surface area contributed by atoms with E-state index in [1.54, 1.807) is 6.92 Å². The molecule has 0 spiro atoms. The summed E-state index contributed by atoms with van der Waals surface area (Å²) in [5.41, 5.74) is 4.56. The fourth-order valence-corrected chi connectivity index (χ4v) is 2.17. The van der Waals surface area contributed by atoms with Crippen molar-refractivity contribution in [3.63, 3.8) is 0 Å². The quantitative estimate of drug-likeness (QED) is 0.836. The molecule has 0 aliphatic carbocycles. The molecular weight excluding hydrogens is 351 g/mol. The summed E-state index contributed by atoms with van der Waals surface area (Å²) in [4.78, 5) is 15.9. The van der Waals surface area contributed by atoms with Crippen LogP contribution in [0, 0.1) is 6.92 Å². The van der Waals surface area contributed by atoms with Crippen LogP contribution in [0.5, 0.6) is 0 Å². The van der Waals surface area contributed by atoms with Gasteiger partial charge in [-0.15, -0.1) is 0 Å². The van der Waals surface area contributed by atoms with Crippen LogP contribution in [0.1, 0.15) is 16.8 Å². The van der Waals surface area contributed by atoms with Gasteiger partial charge in [0.05, 0.1) is 24.1 Å². The maximum absolute atomic E-state index is 13.0. The average molecular weight is 362 g/mol. The molecule has 0 atom stereocenters. The van der Waals surface area contributed by atoms with Crippen LogP contribution in [-0.4, -0.2) is 9.55 Å². The second kappa shape index (κ2) is 5.51. The lowest BCUT2D eigenvalue weighted by atomic mass is 10.1. The summed E-state index contributed by atoms with van der Waals surface area (Å²) in [7, 11) is 0. The van der Waals surface area contributed by atoms with E-state index in [0.29, 0.717) is 5.69 Å². The summed E-state index contributed by atoms with van der Waals surface area (Å²) in [6.07, 6.45) is -3.32. The number of hydrogen-bond acceptors (Lipinski definition) is 3. The molecule has 0 aliphatic heterocycles. The molecule has 0 saturated carbocycles. The first kappa shape index (κ1) is 15.6. The van der Waals surface area contributed by atoms with Crippen LogP contribution < -0.4 is 11.3 Å². The van der Waals surface area contributed by atoms with Crippen LogP contribution in [0.4, 0.5) is 18.9 Å². The maximum Gasteiger partial charge on any atom is 0.416 e. The molecule has 0 amide bonds. The van der Waals surface area contributed by atoms with E-state index in [0.717, 1.165) is 10.6 Å². The number of aromatic nitrogens is 2. The van der Waals surface area contributed by atoms with Gasteiger partial charge < -0.3 is 5.73 Å². The Kier molecular flexibility index (Phi) is 4.08. The summed E-state index contributed by atoms with van der Waals surface area (Å²) >= 11 is 3.07. The molecule has 8 heteroatoms. The number of rotatable bonds is 2. The Morgan fingerprint density at radius 3 is 2.67 bits per heavy atom. The largest absolute Gasteiger partial charge is 0.416 e. The Hall–Kier alpha value is -1.83. The van der Waals surface area contributed by atoms with Crippen LogP contribution in [0.3, 0.4) is 0 Å². The molecule has 0 fully saturated rings. The van der Waals surface area contributed by atoms with E-state index in [1.165, 1.54) is 18.5 Å². The van der Waals surface area contributed by atoms with Gasteiger partial charge in [-0.1, -0.05) is 6.07 Å². The standard InChI is InChI=1S/C13H11BrF3N3O/c1-7-11(14)12(21)20(6-19-7)5-8-2-3-9(18)4-10(8)13(15,16)17/h2-4,6H,5,18H2,1H3. The number of anilines is 1. The minimum Gasteiger partial charge on any atom is -0.399 e. The lowest BCUT2D eigenvalue weighted by molar-refractivity contribution is -0.138. The van der Waals surface area contributed by atoms with Gasteiger partial charge in [0.2, 0.25) is 0 Å². The molecule has 1 aromatic carbocycles. The number of alkyl halides is 3. The third-order valence-corrected chi connectivity index (χ3v) is 3.85. The van der Waals surface area contributed by atoms with Crippen molar-refractivity contribution in [3.05, 3.63) is 56.2 Å². The number of nitrogens with two attached hydrogens (primary N) is 1. The van der Waals surface area contributed by atoms with E-state index >= 15 is 0 Å². The maximum atomic E-state index is 13.0. The minimum atomic E-state index is -4.54. The molecule has 1 aromatic heterocycles. The Bertz CT molecular complexity index is 740. The highest BCUT2D eigenvalue weighted by Gasteiger charge is 2.33. The van der Waals surface area contributed by atoms with Crippen molar-refractivity contribution >= 4 is 21.6 Å². The van der Waals surface area contributed by atoms with E-state index in [9.17, 15) is 18.0 Å². The molecule has 1 heterocycles. The summed E-state index contributed by atoms with van der Waals surface area (Å²) < 4.78 is 40.4. The molecule has 112 valence electrons. The molecule has 0 bridgehead atoms. The zero-order valence-electron chi connectivity index (χ0n) is 10.9. The van der Waals surface area contributed by atoms with Gasteiger partial charge in [-0.2, -0.15) is 13.2 Å². The summed E-state index contributed by atoms with van der Waals surface area (Å²) in [5.74, 6) is 0. The Morgan fingerprint density at radius 2 is 2.05 bits per heavy atom. The van der Waals surface area contributed by atoms with Crippen molar-refractivity contribution < 1.29 is 13.2 Å². The van der Waals surface area contributed by atoms with Crippen LogP contribution in [0.15, 0.2) is 33.8 Å². The van der Waals surface area contributed by atoms with Crippen molar-refractivity contribution in [2.45, 2.75) is 19.6 Å². The second-order valence-electron chi connectivity index (χ2n) is 4.49. The highest BCUT2D eigenvalue weighted by molar-refractivity contribution is 9.10. The second-order valence-corrected chi connectivity index (χ2v) is 5.28. The molecule has 2 N–H and O–H groups in total. The number of benzene rings is 1. The molecule has 2 rings (SSSR count). The highest BCUT2D eigenvalue weighted by Crippen LogP contribution is 2.33. The van der Waals surface area contributed by atoms with Gasteiger partial charge in [-0.25, -0.2) is 4.98 Å². The highest BCUT2D eigenvalue weighted by atomic mass is 79.9. The SMILES string of the molecule is Cc1ncn(Cc2ccc(N)cc2C(F)(F)F)c(=O)c1Br. The fourth-order valence-electron chi connectivity index (χ4n) is 1.84. The zero-order chi connectivity index (χ0) is 15.8. The zero-order valence-corrected chi connectivity index (χ0v) is 12.5. The third-order valence-electron chi connectivity index (χ3n) is 2.94. The minimum absolute atomic E-state index is 0.0154. The smallest absolute Gasteiger partial charge is 0.399 e. The van der Waals surface area contributed by atoms with E-state index in [4.69, 9.17) is 5.73 Å². The molecule has 0 unspecified atom stereocenters. The van der Waals surface area contributed by atoms with Crippen molar-refractivity contribution in [2.75, 3.05) is 5.73 Å². The van der Waals surface area contributed by atoms with Gasteiger partial charge in [-0.3, -0.25) is 9.36 Å². The molecule has 2 aromatic rings. The van der Waals surface area contributed by atoms with Gasteiger partial charge in [-0.05, 0) is 40.5 Å².